The van der Waals surface area contributed by atoms with E-state index in [2.05, 4.69) is 36.3 Å². The van der Waals surface area contributed by atoms with Gasteiger partial charge in [-0.1, -0.05) is 38.1 Å². The van der Waals surface area contributed by atoms with E-state index in [4.69, 9.17) is 5.73 Å². The van der Waals surface area contributed by atoms with Crippen molar-refractivity contribution in [1.29, 1.82) is 0 Å². The average Bonchev–Trinajstić information content (AvgIpc) is 2.66. The number of rotatable bonds is 7. The van der Waals surface area contributed by atoms with Crippen LogP contribution in [0.1, 0.15) is 44.7 Å². The Morgan fingerprint density at radius 3 is 2.32 bits per heavy atom. The van der Waals surface area contributed by atoms with Crippen LogP contribution in [0.5, 0.6) is 0 Å². The Labute approximate surface area is 168 Å². The molecule has 152 valence electrons. The molecule has 6 nitrogen and oxygen atoms in total. The molecule has 0 aliphatic rings. The molecule has 0 atom stereocenters. The van der Waals surface area contributed by atoms with E-state index in [0.29, 0.717) is 18.4 Å². The fourth-order valence-electron chi connectivity index (χ4n) is 2.55. The molecule has 7 heteroatoms. The van der Waals surface area contributed by atoms with Crippen molar-refractivity contribution in [2.75, 3.05) is 12.4 Å². The van der Waals surface area contributed by atoms with E-state index in [-0.39, 0.29) is 10.9 Å². The Balaban J connectivity index is 2.05. The minimum absolute atomic E-state index is 0.102. The van der Waals surface area contributed by atoms with E-state index in [0.717, 1.165) is 11.3 Å². The molecule has 0 fully saturated rings. The summed E-state index contributed by atoms with van der Waals surface area (Å²) < 4.78 is 26.4. The van der Waals surface area contributed by atoms with Crippen LogP contribution in [0.4, 0.5) is 5.69 Å². The van der Waals surface area contributed by atoms with Gasteiger partial charge < -0.3 is 11.1 Å². The van der Waals surface area contributed by atoms with Gasteiger partial charge >= 0.3 is 0 Å². The zero-order chi connectivity index (χ0) is 20.9. The standard InChI is InChI=1S/C21H30N4O2S/c1-15(2)18-7-6-8-19(13-18)24-21(22)23-14-17-9-11-20(12-10-17)28(26,27)25(5)16(3)4/h6-13,15-16H,14H2,1-5H3,(H3,22,23,24). The van der Waals surface area contributed by atoms with Gasteiger partial charge in [0.15, 0.2) is 5.96 Å². The SMILES string of the molecule is CC(C)c1cccc(NC(N)=NCc2ccc(S(=O)(=O)N(C)C(C)C)cc2)c1. The van der Waals surface area contributed by atoms with Crippen LogP contribution in [0, 0.1) is 0 Å². The maximum atomic E-state index is 12.5. The summed E-state index contributed by atoms with van der Waals surface area (Å²) in [6.07, 6.45) is 0. The Hall–Kier alpha value is -2.38. The molecule has 0 saturated carbocycles. The molecule has 0 aromatic heterocycles. The van der Waals surface area contributed by atoms with Crippen molar-refractivity contribution in [2.24, 2.45) is 10.7 Å². The fourth-order valence-corrected chi connectivity index (χ4v) is 3.92. The molecule has 3 N–H and O–H groups in total. The molecule has 0 saturated heterocycles. The molecule has 2 rings (SSSR count). The van der Waals surface area contributed by atoms with Gasteiger partial charge in [-0.2, -0.15) is 4.31 Å². The number of hydrogen-bond donors (Lipinski definition) is 2. The summed E-state index contributed by atoms with van der Waals surface area (Å²) in [6, 6.07) is 14.7. The van der Waals surface area contributed by atoms with Crippen molar-refractivity contribution in [3.05, 3.63) is 59.7 Å². The molecule has 0 unspecified atom stereocenters. The van der Waals surface area contributed by atoms with Crippen LogP contribution in [0.2, 0.25) is 0 Å². The molecule has 2 aromatic carbocycles. The minimum Gasteiger partial charge on any atom is -0.370 e. The Morgan fingerprint density at radius 2 is 1.75 bits per heavy atom. The smallest absolute Gasteiger partial charge is 0.243 e. The van der Waals surface area contributed by atoms with Gasteiger partial charge in [0.05, 0.1) is 11.4 Å². The normalized spacial score (nSPS) is 12.8. The van der Waals surface area contributed by atoms with Crippen molar-refractivity contribution >= 4 is 21.7 Å². The zero-order valence-electron chi connectivity index (χ0n) is 17.2. The zero-order valence-corrected chi connectivity index (χ0v) is 18.0. The third-order valence-electron chi connectivity index (χ3n) is 4.59. The fraction of sp³-hybridized carbons (Fsp3) is 0.381. The second-order valence-electron chi connectivity index (χ2n) is 7.37. The molecule has 2 aromatic rings. The third-order valence-corrected chi connectivity index (χ3v) is 6.63. The summed E-state index contributed by atoms with van der Waals surface area (Å²) in [7, 11) is -1.90. The highest BCUT2D eigenvalue weighted by atomic mass is 32.2. The monoisotopic (exact) mass is 402 g/mol. The molecule has 28 heavy (non-hydrogen) atoms. The first-order valence-corrected chi connectivity index (χ1v) is 10.8. The molecule has 0 spiro atoms. The summed E-state index contributed by atoms with van der Waals surface area (Å²) in [5.74, 6) is 0.751. The Morgan fingerprint density at radius 1 is 1.11 bits per heavy atom. The predicted molar refractivity (Wildman–Crippen MR) is 116 cm³/mol. The summed E-state index contributed by atoms with van der Waals surface area (Å²) in [6.45, 7) is 8.32. The van der Waals surface area contributed by atoms with Gasteiger partial charge in [-0.3, -0.25) is 0 Å². The van der Waals surface area contributed by atoms with Crippen LogP contribution in [0.15, 0.2) is 58.4 Å². The van der Waals surface area contributed by atoms with Crippen LogP contribution in [0.25, 0.3) is 0 Å². The number of benzene rings is 2. The highest BCUT2D eigenvalue weighted by Crippen LogP contribution is 2.19. The number of sulfonamides is 1. The maximum absolute atomic E-state index is 12.5. The molecule has 0 amide bonds. The number of nitrogens with one attached hydrogen (secondary N) is 1. The number of nitrogens with zero attached hydrogens (tertiary/aromatic N) is 2. The van der Waals surface area contributed by atoms with Crippen LogP contribution < -0.4 is 11.1 Å². The number of guanidine groups is 1. The van der Waals surface area contributed by atoms with Crippen LogP contribution in [-0.4, -0.2) is 31.8 Å². The van der Waals surface area contributed by atoms with Crippen LogP contribution in [0.3, 0.4) is 0 Å². The second-order valence-corrected chi connectivity index (χ2v) is 9.36. The van der Waals surface area contributed by atoms with Crippen molar-refractivity contribution in [3.63, 3.8) is 0 Å². The number of nitrogens with two attached hydrogens (primary N) is 1. The topological polar surface area (TPSA) is 87.8 Å². The molecule has 0 aliphatic heterocycles. The third kappa shape index (κ3) is 5.56. The molecule has 0 bridgehead atoms. The average molecular weight is 403 g/mol. The van der Waals surface area contributed by atoms with Crippen molar-refractivity contribution in [1.82, 2.24) is 4.31 Å². The van der Waals surface area contributed by atoms with E-state index >= 15 is 0 Å². The second kappa shape index (κ2) is 9.21. The van der Waals surface area contributed by atoms with Gasteiger partial charge in [0.2, 0.25) is 10.0 Å². The van der Waals surface area contributed by atoms with E-state index in [9.17, 15) is 8.42 Å². The van der Waals surface area contributed by atoms with E-state index in [1.165, 1.54) is 9.87 Å². The Kier molecular flexibility index (Phi) is 7.21. The molecule has 0 heterocycles. The largest absolute Gasteiger partial charge is 0.370 e. The van der Waals surface area contributed by atoms with Crippen LogP contribution in [-0.2, 0) is 16.6 Å². The lowest BCUT2D eigenvalue weighted by Gasteiger charge is -2.21. The highest BCUT2D eigenvalue weighted by molar-refractivity contribution is 7.89. The first kappa shape index (κ1) is 21.9. The van der Waals surface area contributed by atoms with Gasteiger partial charge in [0, 0.05) is 18.8 Å². The predicted octanol–water partition coefficient (Wildman–Crippen LogP) is 3.77. The van der Waals surface area contributed by atoms with E-state index < -0.39 is 10.0 Å². The molecular weight excluding hydrogens is 372 g/mol. The molecular formula is C21H30N4O2S. The summed E-state index contributed by atoms with van der Waals surface area (Å²) in [4.78, 5) is 4.61. The minimum atomic E-state index is -3.48. The number of anilines is 1. The van der Waals surface area contributed by atoms with Crippen molar-refractivity contribution in [3.8, 4) is 0 Å². The summed E-state index contributed by atoms with van der Waals surface area (Å²) in [5, 5.41) is 3.10. The first-order chi connectivity index (χ1) is 13.1. The van der Waals surface area contributed by atoms with E-state index in [1.54, 1.807) is 31.3 Å². The van der Waals surface area contributed by atoms with Gasteiger partial charge in [-0.05, 0) is 55.2 Å². The quantitative estimate of drug-likeness (QED) is 0.545. The Bertz CT molecular complexity index is 920. The maximum Gasteiger partial charge on any atom is 0.243 e. The van der Waals surface area contributed by atoms with Crippen molar-refractivity contribution in [2.45, 2.75) is 51.1 Å². The number of hydrogen-bond acceptors (Lipinski definition) is 3. The lowest BCUT2D eigenvalue weighted by Crippen LogP contribution is -2.33. The molecule has 0 radical (unpaired) electrons. The van der Waals surface area contributed by atoms with E-state index in [1.807, 2.05) is 26.0 Å². The summed E-state index contributed by atoms with van der Waals surface area (Å²) in [5.41, 5.74) is 8.99. The van der Waals surface area contributed by atoms with Crippen molar-refractivity contribution < 1.29 is 8.42 Å². The lowest BCUT2D eigenvalue weighted by molar-refractivity contribution is 0.410. The van der Waals surface area contributed by atoms with Gasteiger partial charge in [0.1, 0.15) is 0 Å². The van der Waals surface area contributed by atoms with Gasteiger partial charge in [0.25, 0.3) is 0 Å². The lowest BCUT2D eigenvalue weighted by atomic mass is 10.0. The molecule has 0 aliphatic carbocycles. The number of aliphatic imine (C=N–C) groups is 1. The first-order valence-electron chi connectivity index (χ1n) is 9.35. The summed E-state index contributed by atoms with van der Waals surface area (Å²) >= 11 is 0. The van der Waals surface area contributed by atoms with Gasteiger partial charge in [-0.15, -0.1) is 0 Å². The van der Waals surface area contributed by atoms with Crippen LogP contribution >= 0.6 is 0 Å². The van der Waals surface area contributed by atoms with Gasteiger partial charge in [-0.25, -0.2) is 13.4 Å². The highest BCUT2D eigenvalue weighted by Gasteiger charge is 2.22.